The zero-order valence-electron chi connectivity index (χ0n) is 23.8. The highest BCUT2D eigenvalue weighted by Crippen LogP contribution is 2.56. The first-order valence-electron chi connectivity index (χ1n) is 13.6. The first kappa shape index (κ1) is 31.0. The van der Waals surface area contributed by atoms with E-state index in [1.165, 1.54) is 31.1 Å². The van der Waals surface area contributed by atoms with Crippen LogP contribution >= 0.6 is 11.6 Å². The number of nitrogens with one attached hydrogen (secondary N) is 2. The molecule has 0 aromatic heterocycles. The van der Waals surface area contributed by atoms with Gasteiger partial charge >= 0.3 is 6.03 Å². The number of primary amides is 1. The molecule has 0 unspecified atom stereocenters. The van der Waals surface area contributed by atoms with E-state index in [4.69, 9.17) is 17.3 Å². The minimum absolute atomic E-state index is 0.133. The summed E-state index contributed by atoms with van der Waals surface area (Å²) in [5.41, 5.74) is 1.98. The summed E-state index contributed by atoms with van der Waals surface area (Å²) in [5.74, 6) is -9.74. The number of Topliss-reactive ketones (excluding diaryl/α,β-unsaturated/α-hetero) is 2. The fraction of sp³-hybridized carbons (Fsp3) is 0.333. The number of nitrogens with zero attached hydrogens (tertiary/aromatic N) is 1. The molecule has 1 fully saturated rings. The second-order valence-electron chi connectivity index (χ2n) is 11.4. The lowest BCUT2D eigenvalue weighted by molar-refractivity contribution is -0.169. The number of carbonyl (C=O) groups is 4. The number of ketones is 2. The number of hydrogen-bond acceptors (Lipinski definition) is 10. The van der Waals surface area contributed by atoms with Crippen LogP contribution in [0.1, 0.15) is 29.5 Å². The second-order valence-corrected chi connectivity index (χ2v) is 11.7. The van der Waals surface area contributed by atoms with E-state index in [0.717, 1.165) is 5.56 Å². The van der Waals surface area contributed by atoms with Gasteiger partial charge in [0.25, 0.3) is 5.91 Å². The number of phenolic OH excluding ortho intramolecular Hbond substituents is 1. The fourth-order valence-corrected chi connectivity index (χ4v) is 6.86. The van der Waals surface area contributed by atoms with E-state index in [-0.39, 0.29) is 11.3 Å². The first-order chi connectivity index (χ1) is 20.7. The van der Waals surface area contributed by atoms with E-state index < -0.39 is 87.4 Å². The number of amides is 3. The average Bonchev–Trinajstić information content (AvgIpc) is 2.96. The van der Waals surface area contributed by atoms with E-state index in [0.29, 0.717) is 17.1 Å². The molecule has 13 nitrogen and oxygen atoms in total. The lowest BCUT2D eigenvalue weighted by Gasteiger charge is -2.53. The van der Waals surface area contributed by atoms with Crippen LogP contribution in [0.15, 0.2) is 53.3 Å². The van der Waals surface area contributed by atoms with Crippen molar-refractivity contribution in [2.24, 2.45) is 17.6 Å². The van der Waals surface area contributed by atoms with Gasteiger partial charge in [-0.25, -0.2) is 4.79 Å². The Morgan fingerprint density at radius 2 is 1.68 bits per heavy atom. The normalized spacial score (nSPS) is 27.9. The molecule has 3 aliphatic carbocycles. The number of halogens is 1. The highest BCUT2D eigenvalue weighted by atomic mass is 35.5. The van der Waals surface area contributed by atoms with E-state index in [9.17, 15) is 44.7 Å². The van der Waals surface area contributed by atoms with Crippen molar-refractivity contribution in [1.82, 2.24) is 4.90 Å². The maximum absolute atomic E-state index is 14.1. The number of aliphatic hydroxyl groups is 4. The van der Waals surface area contributed by atoms with Gasteiger partial charge in [-0.1, -0.05) is 25.1 Å². The Kier molecular flexibility index (Phi) is 7.70. The van der Waals surface area contributed by atoms with Crippen molar-refractivity contribution in [2.45, 2.75) is 36.5 Å². The van der Waals surface area contributed by atoms with Crippen LogP contribution in [0, 0.1) is 11.8 Å². The molecule has 0 radical (unpaired) electrons. The number of alkyl halides is 1. The van der Waals surface area contributed by atoms with Crippen molar-refractivity contribution in [3.63, 3.8) is 0 Å². The molecular formula is C30H31ClN4O9. The zero-order chi connectivity index (χ0) is 32.4. The van der Waals surface area contributed by atoms with E-state index >= 15 is 0 Å². The molecule has 14 heteroatoms. The molecule has 0 heterocycles. The van der Waals surface area contributed by atoms with Crippen molar-refractivity contribution in [2.75, 3.05) is 24.7 Å². The number of phenols is 1. The molecule has 9 N–H and O–H groups in total. The summed E-state index contributed by atoms with van der Waals surface area (Å²) in [6.07, 6.45) is -1.71. The minimum atomic E-state index is -3.02. The Morgan fingerprint density at radius 1 is 1.05 bits per heavy atom. The lowest BCUT2D eigenvalue weighted by atomic mass is 9.54. The third kappa shape index (κ3) is 4.42. The summed E-state index contributed by atoms with van der Waals surface area (Å²) in [4.78, 5) is 53.5. The van der Waals surface area contributed by atoms with Gasteiger partial charge in [-0.05, 0) is 49.3 Å². The summed E-state index contributed by atoms with van der Waals surface area (Å²) in [7, 11) is 2.86. The molecule has 6 atom stereocenters. The fourth-order valence-electron chi connectivity index (χ4n) is 6.68. The highest BCUT2D eigenvalue weighted by molar-refractivity contribution is 6.24. The predicted molar refractivity (Wildman–Crippen MR) is 159 cm³/mol. The van der Waals surface area contributed by atoms with Crippen molar-refractivity contribution in [3.05, 3.63) is 70.0 Å². The Morgan fingerprint density at radius 3 is 2.25 bits per heavy atom. The lowest BCUT2D eigenvalue weighted by Crippen LogP contribution is -2.70. The van der Waals surface area contributed by atoms with Crippen molar-refractivity contribution < 1.29 is 44.7 Å². The monoisotopic (exact) mass is 626 g/mol. The predicted octanol–water partition coefficient (Wildman–Crippen LogP) is 1.88. The van der Waals surface area contributed by atoms with Gasteiger partial charge in [-0.15, -0.1) is 11.6 Å². The number of urea groups is 1. The number of rotatable bonds is 5. The number of likely N-dealkylation sites (N-methyl/N-ethyl adjacent to an activating group) is 1. The number of benzene rings is 2. The minimum Gasteiger partial charge on any atom is -0.508 e. The molecule has 0 spiro atoms. The number of aromatic hydroxyl groups is 1. The van der Waals surface area contributed by atoms with E-state index in [1.54, 1.807) is 31.2 Å². The van der Waals surface area contributed by atoms with E-state index in [1.807, 2.05) is 0 Å². The van der Waals surface area contributed by atoms with Crippen LogP contribution in [0.4, 0.5) is 16.2 Å². The van der Waals surface area contributed by atoms with Gasteiger partial charge in [0.15, 0.2) is 11.4 Å². The largest absolute Gasteiger partial charge is 0.508 e. The van der Waals surface area contributed by atoms with Crippen molar-refractivity contribution in [3.8, 4) is 5.75 Å². The Hall–Kier alpha value is -4.43. The number of aliphatic hydroxyl groups excluding tert-OH is 3. The van der Waals surface area contributed by atoms with Gasteiger partial charge in [0, 0.05) is 23.1 Å². The maximum Gasteiger partial charge on any atom is 0.323 e. The third-order valence-electron chi connectivity index (χ3n) is 8.74. The molecule has 3 amide bonds. The van der Waals surface area contributed by atoms with Crippen LogP contribution in [0.5, 0.6) is 5.75 Å². The number of fused-ring (bicyclic) bond motifs is 3. The van der Waals surface area contributed by atoms with Gasteiger partial charge in [-0.3, -0.25) is 19.3 Å². The zero-order valence-corrected chi connectivity index (χ0v) is 24.6. The van der Waals surface area contributed by atoms with Gasteiger partial charge in [0.2, 0.25) is 5.78 Å². The summed E-state index contributed by atoms with van der Waals surface area (Å²) < 4.78 is 0. The van der Waals surface area contributed by atoms with Crippen molar-refractivity contribution >= 4 is 52.2 Å². The van der Waals surface area contributed by atoms with Crippen LogP contribution in [0.2, 0.25) is 0 Å². The van der Waals surface area contributed by atoms with Crippen LogP contribution in [0.3, 0.4) is 0 Å². The quantitative estimate of drug-likeness (QED) is 0.137. The molecule has 44 heavy (non-hydrogen) atoms. The molecule has 0 aliphatic heterocycles. The Balaban J connectivity index is 1.60. The van der Waals surface area contributed by atoms with E-state index in [2.05, 4.69) is 10.6 Å². The topological polar surface area (TPSA) is 223 Å². The van der Waals surface area contributed by atoms with Crippen LogP contribution < -0.4 is 16.4 Å². The van der Waals surface area contributed by atoms with Crippen molar-refractivity contribution in [1.29, 1.82) is 0 Å². The summed E-state index contributed by atoms with van der Waals surface area (Å²) in [6, 6.07) is 7.40. The molecular weight excluding hydrogens is 596 g/mol. The molecule has 2 aromatic rings. The Bertz CT molecular complexity index is 1670. The number of nitrogens with two attached hydrogens (primary N) is 1. The third-order valence-corrected chi connectivity index (χ3v) is 9.05. The van der Waals surface area contributed by atoms with Gasteiger partial charge < -0.3 is 41.9 Å². The van der Waals surface area contributed by atoms with Crippen LogP contribution in [-0.4, -0.2) is 85.8 Å². The standard InChI is InChI=1S/C30H31ClN4O9/c1-11-14-8-9-15(34-29(43)33-13-6-4-12(10-31)5-7-13)22(36)17(14)23(37)18-16(11)24(38)20-21(35(2)3)25(39)19(28(32)42)27(41)30(20,44)26(18)40/h4-9,11,16,20-21,24,36-38,41,44H,10H2,1-3H3,(H2,32,42)(H2,33,34,43)/t11-,16+,20+,21-,24+,30-/m1/s1. The smallest absolute Gasteiger partial charge is 0.323 e. The van der Waals surface area contributed by atoms with Gasteiger partial charge in [-0.2, -0.15) is 0 Å². The maximum atomic E-state index is 14.1. The summed E-state index contributed by atoms with van der Waals surface area (Å²) in [5, 5.41) is 62.2. The highest BCUT2D eigenvalue weighted by Gasteiger charge is 2.68. The Labute approximate surface area is 256 Å². The molecule has 3 aliphatic rings. The molecule has 232 valence electrons. The number of carbonyl (C=O) groups excluding carboxylic acids is 4. The summed E-state index contributed by atoms with van der Waals surface area (Å²) >= 11 is 5.79. The average molecular weight is 627 g/mol. The molecule has 2 aromatic carbocycles. The SMILES string of the molecule is C[C@@H]1c2ccc(NC(=O)Nc3ccc(CCl)cc3)c(O)c2C(O)=C2C(=O)[C@@]3(O)C(O)=C(C(N)=O)C(=O)[C@H](N(C)C)[C@H]3[C@@H](O)[C@H]21. The first-order valence-corrected chi connectivity index (χ1v) is 14.1. The summed E-state index contributed by atoms with van der Waals surface area (Å²) in [6.45, 7) is 1.61. The number of hydrogen-bond donors (Lipinski definition) is 8. The van der Waals surface area contributed by atoms with Gasteiger partial charge in [0.1, 0.15) is 22.8 Å². The van der Waals surface area contributed by atoms with Crippen LogP contribution in [0.25, 0.3) is 5.76 Å². The molecule has 0 saturated heterocycles. The molecule has 0 bridgehead atoms. The number of anilines is 2. The second kappa shape index (κ2) is 10.9. The van der Waals surface area contributed by atoms with Gasteiger partial charge in [0.05, 0.1) is 29.3 Å². The molecule has 5 rings (SSSR count). The van der Waals surface area contributed by atoms with Crippen LogP contribution in [-0.2, 0) is 20.3 Å². The molecule has 1 saturated carbocycles.